The summed E-state index contributed by atoms with van der Waals surface area (Å²) in [6.45, 7) is 7.73. The molecule has 0 unspecified atom stereocenters. The average Bonchev–Trinajstić information content (AvgIpc) is 2.93. The second-order valence-electron chi connectivity index (χ2n) is 6.26. The van der Waals surface area contributed by atoms with Crippen molar-refractivity contribution in [3.05, 3.63) is 56.4 Å². The number of fused-ring (bicyclic) bond motifs is 1. The van der Waals surface area contributed by atoms with Crippen molar-refractivity contribution in [2.75, 3.05) is 5.32 Å². The quantitative estimate of drug-likeness (QED) is 0.778. The molecule has 5 nitrogen and oxygen atoms in total. The van der Waals surface area contributed by atoms with Crippen molar-refractivity contribution in [2.45, 2.75) is 40.7 Å². The Morgan fingerprint density at radius 2 is 1.84 bits per heavy atom. The third-order valence-corrected chi connectivity index (χ3v) is 5.22. The fraction of sp³-hybridized carbons (Fsp3) is 0.316. The van der Waals surface area contributed by atoms with Crippen LogP contribution in [0.2, 0.25) is 0 Å². The van der Waals surface area contributed by atoms with Gasteiger partial charge in [-0.2, -0.15) is 0 Å². The van der Waals surface area contributed by atoms with Crippen molar-refractivity contribution >= 4 is 33.1 Å². The molecule has 2 heterocycles. The van der Waals surface area contributed by atoms with Gasteiger partial charge in [0, 0.05) is 10.6 Å². The number of carbonyl (C=O) groups is 1. The lowest BCUT2D eigenvalue weighted by molar-refractivity contribution is -0.116. The highest BCUT2D eigenvalue weighted by Crippen LogP contribution is 2.22. The number of hydrogen-bond acceptors (Lipinski definition) is 4. The molecule has 0 aliphatic rings. The van der Waals surface area contributed by atoms with Gasteiger partial charge in [0.1, 0.15) is 17.2 Å². The number of nitrogens with one attached hydrogen (secondary N) is 1. The van der Waals surface area contributed by atoms with Gasteiger partial charge >= 0.3 is 0 Å². The normalized spacial score (nSPS) is 11.0. The maximum atomic E-state index is 12.7. The van der Waals surface area contributed by atoms with Crippen LogP contribution in [0.5, 0.6) is 0 Å². The summed E-state index contributed by atoms with van der Waals surface area (Å²) in [5.74, 6) is 0.319. The number of thiophene rings is 1. The fourth-order valence-corrected chi connectivity index (χ4v) is 3.92. The van der Waals surface area contributed by atoms with Crippen LogP contribution in [0, 0.1) is 20.8 Å². The Morgan fingerprint density at radius 1 is 1.16 bits per heavy atom. The number of aromatic nitrogens is 2. The van der Waals surface area contributed by atoms with Gasteiger partial charge < -0.3 is 5.32 Å². The van der Waals surface area contributed by atoms with Gasteiger partial charge in [0.05, 0.1) is 5.39 Å². The molecule has 0 saturated carbocycles. The van der Waals surface area contributed by atoms with Crippen LogP contribution in [0.4, 0.5) is 5.69 Å². The molecular weight excluding hydrogens is 334 g/mol. The summed E-state index contributed by atoms with van der Waals surface area (Å²) in [7, 11) is 0. The lowest BCUT2D eigenvalue weighted by Crippen LogP contribution is -2.29. The number of nitrogens with zero attached hydrogens (tertiary/aromatic N) is 2. The van der Waals surface area contributed by atoms with Gasteiger partial charge in [-0.3, -0.25) is 14.2 Å². The predicted molar refractivity (Wildman–Crippen MR) is 103 cm³/mol. The number of aryl methyl sites for hydroxylation is 4. The van der Waals surface area contributed by atoms with Gasteiger partial charge in [0.15, 0.2) is 0 Å². The molecular formula is C19H21N3O2S. The molecule has 3 aromatic rings. The molecule has 0 aliphatic carbocycles. The number of carbonyl (C=O) groups excluding carboxylic acids is 1. The van der Waals surface area contributed by atoms with Gasteiger partial charge in [-0.25, -0.2) is 4.98 Å². The Labute approximate surface area is 150 Å². The molecule has 0 radical (unpaired) electrons. The summed E-state index contributed by atoms with van der Waals surface area (Å²) in [6, 6.07) is 7.75. The maximum Gasteiger partial charge on any atom is 0.262 e. The molecule has 25 heavy (non-hydrogen) atoms. The second-order valence-corrected chi connectivity index (χ2v) is 7.38. The molecule has 0 saturated heterocycles. The van der Waals surface area contributed by atoms with Crippen molar-refractivity contribution < 1.29 is 4.79 Å². The van der Waals surface area contributed by atoms with E-state index in [1.165, 1.54) is 15.9 Å². The molecule has 1 N–H and O–H groups in total. The van der Waals surface area contributed by atoms with E-state index in [1.54, 1.807) is 6.92 Å². The van der Waals surface area contributed by atoms with Crippen LogP contribution in [0.3, 0.4) is 0 Å². The smallest absolute Gasteiger partial charge is 0.262 e. The highest BCUT2D eigenvalue weighted by atomic mass is 32.1. The van der Waals surface area contributed by atoms with Gasteiger partial charge in [-0.1, -0.05) is 13.0 Å². The van der Waals surface area contributed by atoms with Crippen molar-refractivity contribution in [3.63, 3.8) is 0 Å². The molecule has 0 bridgehead atoms. The molecule has 0 atom stereocenters. The number of anilines is 1. The van der Waals surface area contributed by atoms with Crippen LogP contribution >= 0.6 is 11.3 Å². The molecule has 130 valence electrons. The largest absolute Gasteiger partial charge is 0.325 e. The zero-order valence-corrected chi connectivity index (χ0v) is 15.7. The van der Waals surface area contributed by atoms with Crippen molar-refractivity contribution in [1.29, 1.82) is 0 Å². The van der Waals surface area contributed by atoms with Crippen LogP contribution in [0.1, 0.15) is 28.8 Å². The highest BCUT2D eigenvalue weighted by molar-refractivity contribution is 7.18. The summed E-state index contributed by atoms with van der Waals surface area (Å²) in [6.07, 6.45) is 0.868. The first kappa shape index (κ1) is 17.4. The van der Waals surface area contributed by atoms with Gasteiger partial charge in [-0.05, 0) is 56.5 Å². The van der Waals surface area contributed by atoms with Crippen molar-refractivity contribution in [1.82, 2.24) is 9.55 Å². The topological polar surface area (TPSA) is 64.0 Å². The first-order chi connectivity index (χ1) is 11.9. The van der Waals surface area contributed by atoms with Gasteiger partial charge in [0.2, 0.25) is 5.91 Å². The van der Waals surface area contributed by atoms with Crippen LogP contribution < -0.4 is 10.9 Å². The van der Waals surface area contributed by atoms with Crippen molar-refractivity contribution in [3.8, 4) is 0 Å². The Kier molecular flexibility index (Phi) is 4.72. The second kappa shape index (κ2) is 6.80. The third-order valence-electron chi connectivity index (χ3n) is 4.05. The molecule has 2 aromatic heterocycles. The minimum Gasteiger partial charge on any atom is -0.325 e. The number of hydrogen-bond donors (Lipinski definition) is 1. The van der Waals surface area contributed by atoms with E-state index in [-0.39, 0.29) is 18.0 Å². The molecule has 0 spiro atoms. The Bertz CT molecular complexity index is 997. The van der Waals surface area contributed by atoms with E-state index in [9.17, 15) is 9.59 Å². The zero-order valence-electron chi connectivity index (χ0n) is 14.8. The maximum absolute atomic E-state index is 12.7. The fourth-order valence-electron chi connectivity index (χ4n) is 2.92. The highest BCUT2D eigenvalue weighted by Gasteiger charge is 2.14. The van der Waals surface area contributed by atoms with Crippen molar-refractivity contribution in [2.24, 2.45) is 0 Å². The average molecular weight is 355 g/mol. The third kappa shape index (κ3) is 3.64. The van der Waals surface area contributed by atoms with E-state index in [1.807, 2.05) is 45.0 Å². The monoisotopic (exact) mass is 355 g/mol. The Morgan fingerprint density at radius 3 is 2.48 bits per heavy atom. The molecule has 3 rings (SSSR count). The van der Waals surface area contributed by atoms with Crippen LogP contribution in [0.25, 0.3) is 10.2 Å². The summed E-state index contributed by atoms with van der Waals surface area (Å²) in [4.78, 5) is 31.5. The number of amides is 1. The lowest BCUT2D eigenvalue weighted by Gasteiger charge is -2.11. The summed E-state index contributed by atoms with van der Waals surface area (Å²) in [5.41, 5.74) is 2.74. The summed E-state index contributed by atoms with van der Waals surface area (Å²) >= 11 is 1.53. The lowest BCUT2D eigenvalue weighted by atomic mass is 10.1. The zero-order chi connectivity index (χ0) is 18.1. The summed E-state index contributed by atoms with van der Waals surface area (Å²) in [5, 5.41) is 3.46. The van der Waals surface area contributed by atoms with E-state index < -0.39 is 0 Å². The van der Waals surface area contributed by atoms with Crippen LogP contribution in [0.15, 0.2) is 29.1 Å². The van der Waals surface area contributed by atoms with E-state index >= 15 is 0 Å². The minimum absolute atomic E-state index is 0.0437. The van der Waals surface area contributed by atoms with E-state index in [0.717, 1.165) is 32.9 Å². The summed E-state index contributed by atoms with van der Waals surface area (Å²) < 4.78 is 1.44. The molecule has 1 amide bonds. The standard InChI is InChI=1S/C19H21N3O2S/c1-5-15-9-16-18(25-15)20-13(4)22(19(16)24)10-17(23)21-14-7-11(2)6-12(3)8-14/h6-9H,5,10H2,1-4H3,(H,21,23). The first-order valence-electron chi connectivity index (χ1n) is 8.25. The predicted octanol–water partition coefficient (Wildman–Crippen LogP) is 3.58. The molecule has 0 fully saturated rings. The van der Waals surface area contributed by atoms with Crippen LogP contribution in [-0.4, -0.2) is 15.5 Å². The molecule has 0 aliphatic heterocycles. The number of benzene rings is 1. The van der Waals surface area contributed by atoms with Gasteiger partial charge in [-0.15, -0.1) is 11.3 Å². The number of rotatable bonds is 4. The Hall–Kier alpha value is -2.47. The van der Waals surface area contributed by atoms with Crippen LogP contribution in [-0.2, 0) is 17.8 Å². The van der Waals surface area contributed by atoms with E-state index in [0.29, 0.717) is 11.2 Å². The Balaban J connectivity index is 1.89. The first-order valence-corrected chi connectivity index (χ1v) is 9.07. The van der Waals surface area contributed by atoms with E-state index in [2.05, 4.69) is 10.3 Å². The van der Waals surface area contributed by atoms with Gasteiger partial charge in [0.25, 0.3) is 5.56 Å². The molecule has 1 aromatic carbocycles. The SMILES string of the molecule is CCc1cc2c(=O)n(CC(=O)Nc3cc(C)cc(C)c3)c(C)nc2s1. The van der Waals surface area contributed by atoms with E-state index in [4.69, 9.17) is 0 Å². The minimum atomic E-state index is -0.234. The molecule has 6 heteroatoms.